The highest BCUT2D eigenvalue weighted by Crippen LogP contribution is 2.43. The van der Waals surface area contributed by atoms with Gasteiger partial charge in [-0.15, -0.1) is 0 Å². The van der Waals surface area contributed by atoms with Crippen LogP contribution >= 0.6 is 0 Å². The summed E-state index contributed by atoms with van der Waals surface area (Å²) in [5.41, 5.74) is 5.41. The fourth-order valence-corrected chi connectivity index (χ4v) is 5.64. The number of aromatic nitrogens is 3. The third-order valence-corrected chi connectivity index (χ3v) is 7.08. The molecule has 0 spiro atoms. The molecule has 1 fully saturated rings. The number of hydrogen-bond donors (Lipinski definition) is 1. The van der Waals surface area contributed by atoms with Gasteiger partial charge in [0.05, 0.1) is 19.9 Å². The molecule has 1 N–H and O–H groups in total. The number of nitrogens with zero attached hydrogens (tertiary/aromatic N) is 3. The number of carbonyl (C=O) groups is 1. The van der Waals surface area contributed by atoms with E-state index < -0.39 is 0 Å². The van der Waals surface area contributed by atoms with Crippen LogP contribution in [0.5, 0.6) is 11.5 Å². The minimum atomic E-state index is -0.0214. The fourth-order valence-electron chi connectivity index (χ4n) is 5.64. The maximum absolute atomic E-state index is 13.6. The van der Waals surface area contributed by atoms with Crippen LogP contribution in [0.25, 0.3) is 11.3 Å². The Labute approximate surface area is 184 Å². The summed E-state index contributed by atoms with van der Waals surface area (Å²) < 4.78 is 12.8. The summed E-state index contributed by atoms with van der Waals surface area (Å²) in [7, 11) is 3.23. The number of carbonyl (C=O) groups excluding carboxylic acids is 1. The number of nitrogens with one attached hydrogen (secondary N) is 1. The van der Waals surface area contributed by atoms with Crippen LogP contribution in [0, 0.1) is 5.92 Å². The van der Waals surface area contributed by atoms with E-state index in [4.69, 9.17) is 9.47 Å². The van der Waals surface area contributed by atoms with E-state index in [0.29, 0.717) is 43.2 Å². The van der Waals surface area contributed by atoms with E-state index in [9.17, 15) is 9.59 Å². The van der Waals surface area contributed by atoms with Gasteiger partial charge < -0.3 is 18.9 Å². The van der Waals surface area contributed by atoms with Crippen LogP contribution in [0.3, 0.4) is 0 Å². The lowest BCUT2D eigenvalue weighted by atomic mass is 9.83. The number of H-pyrrole nitrogens is 1. The average molecular weight is 432 g/mol. The van der Waals surface area contributed by atoms with Gasteiger partial charge in [0.2, 0.25) is 0 Å². The highest BCUT2D eigenvalue weighted by atomic mass is 16.5. The average Bonchev–Trinajstić information content (AvgIpc) is 3.37. The Hall–Kier alpha value is -3.55. The number of piperidine rings is 1. The maximum atomic E-state index is 13.6. The van der Waals surface area contributed by atoms with E-state index in [1.165, 1.54) is 0 Å². The largest absolute Gasteiger partial charge is 0.493 e. The molecular weight excluding hydrogens is 408 g/mol. The number of likely N-dealkylation sites (tertiary alicyclic amines) is 1. The topological polar surface area (TPSA) is 89.5 Å². The van der Waals surface area contributed by atoms with Crippen LogP contribution in [0.2, 0.25) is 0 Å². The van der Waals surface area contributed by atoms with Crippen molar-refractivity contribution in [3.8, 4) is 22.8 Å². The normalized spacial score (nSPS) is 20.4. The molecule has 8 nitrogen and oxygen atoms in total. The summed E-state index contributed by atoms with van der Waals surface area (Å²) in [5.74, 6) is 1.76. The lowest BCUT2D eigenvalue weighted by Gasteiger charge is -2.42. The molecule has 1 saturated heterocycles. The van der Waals surface area contributed by atoms with Crippen LogP contribution in [-0.4, -0.2) is 52.9 Å². The van der Waals surface area contributed by atoms with E-state index >= 15 is 0 Å². The minimum absolute atomic E-state index is 0.0214. The van der Waals surface area contributed by atoms with Gasteiger partial charge in [-0.05, 0) is 36.1 Å². The number of rotatable bonds is 3. The molecule has 32 heavy (non-hydrogen) atoms. The van der Waals surface area contributed by atoms with Crippen LogP contribution in [0.1, 0.15) is 39.6 Å². The third kappa shape index (κ3) is 2.71. The second-order valence-electron chi connectivity index (χ2n) is 8.88. The van der Waals surface area contributed by atoms with Crippen molar-refractivity contribution in [1.29, 1.82) is 0 Å². The van der Waals surface area contributed by atoms with Gasteiger partial charge in [-0.1, -0.05) is 6.07 Å². The molecule has 2 aliphatic heterocycles. The van der Waals surface area contributed by atoms with Crippen molar-refractivity contribution in [3.63, 3.8) is 0 Å². The Kier molecular flexibility index (Phi) is 4.18. The molecule has 8 heteroatoms. The van der Waals surface area contributed by atoms with E-state index in [1.54, 1.807) is 20.3 Å². The van der Waals surface area contributed by atoms with Gasteiger partial charge in [0.25, 0.3) is 11.5 Å². The lowest BCUT2D eigenvalue weighted by molar-refractivity contribution is 0.0588. The summed E-state index contributed by atoms with van der Waals surface area (Å²) in [6.45, 7) is 1.93. The van der Waals surface area contributed by atoms with Gasteiger partial charge in [0, 0.05) is 54.9 Å². The van der Waals surface area contributed by atoms with Crippen LogP contribution in [0.4, 0.5) is 0 Å². The molecule has 1 aliphatic carbocycles. The van der Waals surface area contributed by atoms with Gasteiger partial charge in [-0.25, -0.2) is 0 Å². The molecule has 1 amide bonds. The smallest absolute Gasteiger partial charge is 0.272 e. The van der Waals surface area contributed by atoms with Gasteiger partial charge in [0.1, 0.15) is 5.69 Å². The second-order valence-corrected chi connectivity index (χ2v) is 8.88. The van der Waals surface area contributed by atoms with Crippen LogP contribution in [0.15, 0.2) is 35.1 Å². The molecule has 1 aromatic carbocycles. The van der Waals surface area contributed by atoms with E-state index in [0.717, 1.165) is 34.5 Å². The standard InChI is InChI=1S/C24H24N4O4/c1-31-19-8-14-7-17-22(16(14)9-20(19)32-2)25-26-23(17)24(30)27-10-13-6-15(12-27)18-4-3-5-21(29)28(18)11-13/h3-5,8-9,13,15H,6-7,10-12H2,1-2H3,(H,25,26)/t13-,15+/m0/s1. The van der Waals surface area contributed by atoms with Crippen molar-refractivity contribution in [3.05, 3.63) is 63.2 Å². The number of hydrogen-bond acceptors (Lipinski definition) is 5. The maximum Gasteiger partial charge on any atom is 0.272 e. The number of fused-ring (bicyclic) bond motifs is 7. The summed E-state index contributed by atoms with van der Waals surface area (Å²) in [6.07, 6.45) is 1.64. The first kappa shape index (κ1) is 19.2. The first-order chi connectivity index (χ1) is 15.6. The molecule has 2 aromatic heterocycles. The van der Waals surface area contributed by atoms with Gasteiger partial charge in [-0.2, -0.15) is 5.10 Å². The van der Waals surface area contributed by atoms with Crippen molar-refractivity contribution >= 4 is 5.91 Å². The minimum Gasteiger partial charge on any atom is -0.493 e. The predicted octanol–water partition coefficient (Wildman–Crippen LogP) is 2.42. The number of ether oxygens (including phenoxy) is 2. The first-order valence-corrected chi connectivity index (χ1v) is 10.9. The zero-order valence-corrected chi connectivity index (χ0v) is 18.1. The molecule has 3 aliphatic rings. The predicted molar refractivity (Wildman–Crippen MR) is 117 cm³/mol. The van der Waals surface area contributed by atoms with Crippen molar-refractivity contribution in [2.24, 2.45) is 5.92 Å². The van der Waals surface area contributed by atoms with E-state index in [-0.39, 0.29) is 23.3 Å². The highest BCUT2D eigenvalue weighted by molar-refractivity contribution is 5.97. The molecule has 0 radical (unpaired) electrons. The lowest BCUT2D eigenvalue weighted by Crippen LogP contribution is -2.49. The van der Waals surface area contributed by atoms with Crippen molar-refractivity contribution in [1.82, 2.24) is 19.7 Å². The van der Waals surface area contributed by atoms with Crippen molar-refractivity contribution in [2.45, 2.75) is 25.3 Å². The van der Waals surface area contributed by atoms with E-state index in [2.05, 4.69) is 10.2 Å². The monoisotopic (exact) mass is 432 g/mol. The molecule has 0 unspecified atom stereocenters. The number of pyridine rings is 1. The van der Waals surface area contributed by atoms with Crippen LogP contribution < -0.4 is 15.0 Å². The third-order valence-electron chi connectivity index (χ3n) is 7.08. The Balaban J connectivity index is 1.31. The Morgan fingerprint density at radius 2 is 1.94 bits per heavy atom. The van der Waals surface area contributed by atoms with Gasteiger partial charge in [0.15, 0.2) is 11.5 Å². The fraction of sp³-hybridized carbons (Fsp3) is 0.375. The summed E-state index contributed by atoms with van der Waals surface area (Å²) in [4.78, 5) is 27.8. The van der Waals surface area contributed by atoms with Crippen LogP contribution in [-0.2, 0) is 13.0 Å². The molecule has 164 valence electrons. The van der Waals surface area contributed by atoms with Gasteiger partial charge >= 0.3 is 0 Å². The Morgan fingerprint density at radius 1 is 1.12 bits per heavy atom. The van der Waals surface area contributed by atoms with Gasteiger partial charge in [-0.3, -0.25) is 14.7 Å². The highest BCUT2D eigenvalue weighted by Gasteiger charge is 2.38. The van der Waals surface area contributed by atoms with Crippen molar-refractivity contribution < 1.29 is 14.3 Å². The van der Waals surface area contributed by atoms with E-state index in [1.807, 2.05) is 33.7 Å². The quantitative estimate of drug-likeness (QED) is 0.537. The molecule has 6 rings (SSSR count). The SMILES string of the molecule is COc1cc2c(cc1OC)-c1n[nH]c(C(=O)N3C[C@@H]4C[C@H](C3)c3cccc(=O)n3C4)c1C2. The zero-order chi connectivity index (χ0) is 22.0. The summed E-state index contributed by atoms with van der Waals surface area (Å²) in [6, 6.07) is 9.33. The molecule has 3 aromatic rings. The Bertz CT molecular complexity index is 1310. The summed E-state index contributed by atoms with van der Waals surface area (Å²) >= 11 is 0. The number of amides is 1. The number of methoxy groups -OCH3 is 2. The first-order valence-electron chi connectivity index (χ1n) is 10.9. The molecule has 4 heterocycles. The second kappa shape index (κ2) is 6.98. The molecule has 0 saturated carbocycles. The van der Waals surface area contributed by atoms with Crippen molar-refractivity contribution in [2.75, 3.05) is 27.3 Å². The number of benzene rings is 1. The Morgan fingerprint density at radius 3 is 2.75 bits per heavy atom. The zero-order valence-electron chi connectivity index (χ0n) is 18.1. The summed E-state index contributed by atoms with van der Waals surface area (Å²) in [5, 5.41) is 7.50. The molecule has 2 bridgehead atoms. The number of aromatic amines is 1. The molecular formula is C24H24N4O4. The molecule has 2 atom stereocenters.